The first-order valence-electron chi connectivity index (χ1n) is 22.5. The molecule has 6 nitrogen and oxygen atoms in total. The first-order valence-corrected chi connectivity index (χ1v) is 22.5. The van der Waals surface area contributed by atoms with E-state index in [2.05, 4.69) is 39.0 Å². The van der Waals surface area contributed by atoms with Crippen molar-refractivity contribution in [3.05, 3.63) is 72.9 Å². The first-order chi connectivity index (χ1) is 27.0. The lowest BCUT2D eigenvalue weighted by Gasteiger charge is -2.18. The maximum Gasteiger partial charge on any atom is 0.306 e. The van der Waals surface area contributed by atoms with Gasteiger partial charge in [-0.25, -0.2) is 0 Å². The number of allylic oxidation sites excluding steroid dienone is 12. The molecule has 0 saturated heterocycles. The first kappa shape index (κ1) is 51.9. The molecule has 0 fully saturated rings. The van der Waals surface area contributed by atoms with Crippen LogP contribution in [0.1, 0.15) is 201 Å². The lowest BCUT2D eigenvalue weighted by Crippen LogP contribution is -2.30. The van der Waals surface area contributed by atoms with E-state index in [4.69, 9.17) is 14.2 Å². The Kier molecular flexibility index (Phi) is 41.1. The molecule has 0 aromatic heterocycles. The highest BCUT2D eigenvalue weighted by Crippen LogP contribution is 2.14. The number of esters is 3. The molecule has 1 unspecified atom stereocenters. The fourth-order valence-electron chi connectivity index (χ4n) is 5.92. The third-order valence-corrected chi connectivity index (χ3v) is 9.32. The van der Waals surface area contributed by atoms with Crippen molar-refractivity contribution in [2.24, 2.45) is 0 Å². The predicted octanol–water partition coefficient (Wildman–Crippen LogP) is 14.3. The molecule has 0 aliphatic rings. The van der Waals surface area contributed by atoms with Crippen LogP contribution in [0, 0.1) is 0 Å². The zero-order valence-electron chi connectivity index (χ0n) is 35.7. The van der Waals surface area contributed by atoms with Crippen molar-refractivity contribution >= 4 is 17.9 Å². The van der Waals surface area contributed by atoms with E-state index in [-0.39, 0.29) is 37.5 Å². The van der Waals surface area contributed by atoms with Crippen molar-refractivity contribution in [3.63, 3.8) is 0 Å². The predicted molar refractivity (Wildman–Crippen MR) is 233 cm³/mol. The van der Waals surface area contributed by atoms with Gasteiger partial charge in [-0.3, -0.25) is 14.4 Å². The number of unbranched alkanes of at least 4 members (excludes halogenated alkanes) is 20. The highest BCUT2D eigenvalue weighted by Gasteiger charge is 2.19. The summed E-state index contributed by atoms with van der Waals surface area (Å²) in [6.45, 7) is 6.36. The van der Waals surface area contributed by atoms with Crippen LogP contribution >= 0.6 is 0 Å². The fraction of sp³-hybridized carbons (Fsp3) is 0.694. The van der Waals surface area contributed by atoms with E-state index in [1.807, 2.05) is 54.7 Å². The van der Waals surface area contributed by atoms with Gasteiger partial charge in [0.1, 0.15) is 13.2 Å². The van der Waals surface area contributed by atoms with Gasteiger partial charge in [-0.15, -0.1) is 0 Å². The Morgan fingerprint density at radius 1 is 0.382 bits per heavy atom. The largest absolute Gasteiger partial charge is 0.462 e. The van der Waals surface area contributed by atoms with Crippen molar-refractivity contribution < 1.29 is 28.6 Å². The highest BCUT2D eigenvalue weighted by molar-refractivity contribution is 5.71. The Bertz CT molecular complexity index is 1070. The summed E-state index contributed by atoms with van der Waals surface area (Å²) in [6, 6.07) is 0. The molecule has 0 aliphatic heterocycles. The average Bonchev–Trinajstić information content (AvgIpc) is 3.18. The van der Waals surface area contributed by atoms with E-state index in [1.165, 1.54) is 83.5 Å². The molecule has 0 heterocycles. The van der Waals surface area contributed by atoms with Crippen LogP contribution in [0.15, 0.2) is 72.9 Å². The van der Waals surface area contributed by atoms with Crippen molar-refractivity contribution in [2.75, 3.05) is 13.2 Å². The Morgan fingerprint density at radius 2 is 0.764 bits per heavy atom. The monoisotopic (exact) mass is 767 g/mol. The minimum Gasteiger partial charge on any atom is -0.462 e. The normalized spacial score (nSPS) is 12.7. The van der Waals surface area contributed by atoms with Gasteiger partial charge >= 0.3 is 17.9 Å². The van der Waals surface area contributed by atoms with E-state index in [0.29, 0.717) is 19.3 Å². The second-order valence-electron chi connectivity index (χ2n) is 14.7. The molecule has 0 amide bonds. The summed E-state index contributed by atoms with van der Waals surface area (Å²) < 4.78 is 16.6. The summed E-state index contributed by atoms with van der Waals surface area (Å²) >= 11 is 0. The zero-order valence-corrected chi connectivity index (χ0v) is 35.7. The molecule has 6 heteroatoms. The van der Waals surface area contributed by atoms with E-state index in [9.17, 15) is 14.4 Å². The van der Waals surface area contributed by atoms with Crippen LogP contribution in [0.5, 0.6) is 0 Å². The van der Waals surface area contributed by atoms with Crippen molar-refractivity contribution in [1.29, 1.82) is 0 Å². The second kappa shape index (κ2) is 43.6. The lowest BCUT2D eigenvalue weighted by molar-refractivity contribution is -0.167. The minimum atomic E-state index is -0.812. The molecule has 55 heavy (non-hydrogen) atoms. The summed E-state index contributed by atoms with van der Waals surface area (Å²) in [5.74, 6) is -1.00. The summed E-state index contributed by atoms with van der Waals surface area (Å²) in [4.78, 5) is 37.7. The van der Waals surface area contributed by atoms with Crippen LogP contribution in [0.3, 0.4) is 0 Å². The third kappa shape index (κ3) is 41.8. The summed E-state index contributed by atoms with van der Waals surface area (Å²) in [7, 11) is 0. The minimum absolute atomic E-state index is 0.107. The Morgan fingerprint density at radius 3 is 1.25 bits per heavy atom. The maximum absolute atomic E-state index is 12.7. The van der Waals surface area contributed by atoms with Crippen LogP contribution in [0.2, 0.25) is 0 Å². The smallest absolute Gasteiger partial charge is 0.306 e. The Balaban J connectivity index is 4.49. The molecule has 0 aliphatic carbocycles. The molecular formula is C49H82O6. The lowest BCUT2D eigenvalue weighted by atomic mass is 10.0. The van der Waals surface area contributed by atoms with Gasteiger partial charge in [0.2, 0.25) is 0 Å². The molecule has 0 spiro atoms. The van der Waals surface area contributed by atoms with E-state index >= 15 is 0 Å². The summed E-state index contributed by atoms with van der Waals surface area (Å²) in [5.41, 5.74) is 0. The maximum atomic E-state index is 12.7. The second-order valence-corrected chi connectivity index (χ2v) is 14.7. The van der Waals surface area contributed by atoms with Gasteiger partial charge in [-0.05, 0) is 51.4 Å². The van der Waals surface area contributed by atoms with Gasteiger partial charge in [-0.2, -0.15) is 0 Å². The van der Waals surface area contributed by atoms with Gasteiger partial charge in [-0.1, -0.05) is 203 Å². The fourth-order valence-corrected chi connectivity index (χ4v) is 5.92. The highest BCUT2D eigenvalue weighted by atomic mass is 16.6. The number of hydrogen-bond donors (Lipinski definition) is 0. The topological polar surface area (TPSA) is 78.9 Å². The molecule has 0 radical (unpaired) electrons. The molecule has 0 N–H and O–H groups in total. The molecule has 0 aromatic rings. The molecule has 0 bridgehead atoms. The van der Waals surface area contributed by atoms with Crippen LogP contribution in [0.25, 0.3) is 0 Å². The van der Waals surface area contributed by atoms with Crippen LogP contribution < -0.4 is 0 Å². The van der Waals surface area contributed by atoms with Crippen LogP contribution in [0.4, 0.5) is 0 Å². The Hall–Kier alpha value is -3.15. The standard InChI is InChI=1S/C49H82O6/c1-4-7-10-13-16-19-22-24-26-27-30-33-36-39-42-48(51)54-45-46(44-53-47(50)41-38-35-32-29-21-18-15-12-9-6-3)55-49(52)43-40-37-34-31-28-25-23-20-17-14-11-8-5-2/h8,11,14-15,17-18,20,23,25,28,31,34,46H,4-7,9-10,12-13,16,19,21-22,24,26-27,29-30,32-33,35-45H2,1-3H3/b11-8-,17-14-,18-15-,23-20-,28-25-,34-31-. The number of rotatable bonds is 39. The number of ether oxygens (including phenoxy) is 3. The molecular weight excluding hydrogens is 685 g/mol. The van der Waals surface area contributed by atoms with Gasteiger partial charge in [0.15, 0.2) is 6.10 Å². The van der Waals surface area contributed by atoms with Crippen molar-refractivity contribution in [2.45, 2.75) is 207 Å². The third-order valence-electron chi connectivity index (χ3n) is 9.32. The van der Waals surface area contributed by atoms with E-state index < -0.39 is 6.10 Å². The summed E-state index contributed by atoms with van der Waals surface area (Å²) in [5, 5.41) is 0. The van der Waals surface area contributed by atoms with Crippen molar-refractivity contribution in [1.82, 2.24) is 0 Å². The molecule has 0 saturated carbocycles. The van der Waals surface area contributed by atoms with Gasteiger partial charge in [0, 0.05) is 19.3 Å². The average molecular weight is 767 g/mol. The van der Waals surface area contributed by atoms with E-state index in [0.717, 1.165) is 70.6 Å². The SMILES string of the molecule is CC\C=C/C=C\C=C/C=C\C=C/CCCC(=O)OC(COC(=O)CCCCCC/C=C\CCCC)COC(=O)CCCCCCCCCCCCCCCC. The number of carbonyl (C=O) groups is 3. The van der Waals surface area contributed by atoms with Gasteiger partial charge in [0.05, 0.1) is 0 Å². The zero-order chi connectivity index (χ0) is 40.1. The molecule has 314 valence electrons. The van der Waals surface area contributed by atoms with Crippen LogP contribution in [-0.4, -0.2) is 37.2 Å². The quantitative estimate of drug-likeness (QED) is 0.0204. The van der Waals surface area contributed by atoms with Crippen molar-refractivity contribution in [3.8, 4) is 0 Å². The number of carbonyl (C=O) groups excluding carboxylic acids is 3. The van der Waals surface area contributed by atoms with Crippen LogP contribution in [-0.2, 0) is 28.6 Å². The van der Waals surface area contributed by atoms with Gasteiger partial charge < -0.3 is 14.2 Å². The van der Waals surface area contributed by atoms with E-state index in [1.54, 1.807) is 0 Å². The molecule has 0 rings (SSSR count). The molecule has 1 atom stereocenters. The Labute approximate surface area is 338 Å². The summed E-state index contributed by atoms with van der Waals surface area (Å²) in [6.07, 6.45) is 53.2. The van der Waals surface area contributed by atoms with Gasteiger partial charge in [0.25, 0.3) is 0 Å². The number of hydrogen-bond acceptors (Lipinski definition) is 6. The molecule has 0 aromatic carbocycles.